The van der Waals surface area contributed by atoms with Crippen molar-refractivity contribution in [2.45, 2.75) is 31.2 Å². The normalized spacial score (nSPS) is 26.8. The third-order valence-electron chi connectivity index (χ3n) is 6.65. The Morgan fingerprint density at radius 3 is 3.00 bits per heavy atom. The molecule has 0 spiro atoms. The molecule has 154 valence electrons. The minimum absolute atomic E-state index is 0.167. The van der Waals surface area contributed by atoms with Crippen molar-refractivity contribution in [3.63, 3.8) is 0 Å². The van der Waals surface area contributed by atoms with Gasteiger partial charge in [0.15, 0.2) is 0 Å². The van der Waals surface area contributed by atoms with Gasteiger partial charge in [-0.15, -0.1) is 6.58 Å². The molecule has 3 aliphatic heterocycles. The number of fused-ring (bicyclic) bond motifs is 4. The topological polar surface area (TPSA) is 71.9 Å². The van der Waals surface area contributed by atoms with Gasteiger partial charge in [0.2, 0.25) is 0 Å². The number of nitrogens with zero attached hydrogens (tertiary/aromatic N) is 2. The summed E-state index contributed by atoms with van der Waals surface area (Å²) < 4.78 is 10.3. The zero-order valence-corrected chi connectivity index (χ0v) is 16.8. The van der Waals surface area contributed by atoms with Gasteiger partial charge in [0.25, 0.3) is 0 Å². The van der Waals surface area contributed by atoms with E-state index in [1.54, 1.807) is 7.11 Å². The molecule has 1 N–H and O–H groups in total. The molecule has 2 bridgehead atoms. The van der Waals surface area contributed by atoms with Crippen LogP contribution in [0.15, 0.2) is 43.1 Å². The summed E-state index contributed by atoms with van der Waals surface area (Å²) in [5.41, 5.74) is 2.11. The predicted molar refractivity (Wildman–Crippen MR) is 111 cm³/mol. The fourth-order valence-electron chi connectivity index (χ4n) is 5.22. The van der Waals surface area contributed by atoms with Crippen LogP contribution in [0.1, 0.15) is 30.7 Å². The standard InChI is InChI=1S/C23H28N2O4/c1-3-15-14-25-10-7-16(15)12-22(25)19(8-11-29-23(26)27)18-6-9-24-21-5-4-17(28-2)13-20(18)21/h3-6,9,13,15-16,19,22H,1,7-8,10-12,14H2,2H3,(H,26,27). The van der Waals surface area contributed by atoms with E-state index in [1.807, 2.05) is 24.4 Å². The zero-order valence-electron chi connectivity index (χ0n) is 16.8. The minimum Gasteiger partial charge on any atom is -0.497 e. The molecule has 6 nitrogen and oxygen atoms in total. The molecule has 3 saturated heterocycles. The van der Waals surface area contributed by atoms with Gasteiger partial charge in [0, 0.05) is 30.1 Å². The maximum absolute atomic E-state index is 10.9. The number of aromatic nitrogens is 1. The van der Waals surface area contributed by atoms with Gasteiger partial charge in [0.1, 0.15) is 5.75 Å². The van der Waals surface area contributed by atoms with E-state index in [2.05, 4.69) is 28.6 Å². The van der Waals surface area contributed by atoms with Crippen LogP contribution in [0.4, 0.5) is 4.79 Å². The second-order valence-corrected chi connectivity index (χ2v) is 8.04. The lowest BCUT2D eigenvalue weighted by Gasteiger charge is -2.52. The van der Waals surface area contributed by atoms with Crippen LogP contribution in [0.25, 0.3) is 10.9 Å². The highest BCUT2D eigenvalue weighted by Gasteiger charge is 2.42. The summed E-state index contributed by atoms with van der Waals surface area (Å²) in [5.74, 6) is 2.16. The molecule has 29 heavy (non-hydrogen) atoms. The molecule has 5 unspecified atom stereocenters. The fraction of sp³-hybridized carbons (Fsp3) is 0.478. The van der Waals surface area contributed by atoms with Crippen LogP contribution in [0, 0.1) is 11.8 Å². The third-order valence-corrected chi connectivity index (χ3v) is 6.65. The summed E-state index contributed by atoms with van der Waals surface area (Å²) in [6.45, 7) is 6.33. The van der Waals surface area contributed by atoms with E-state index in [4.69, 9.17) is 14.6 Å². The number of pyridine rings is 1. The van der Waals surface area contributed by atoms with Crippen LogP contribution in [0.2, 0.25) is 0 Å². The highest BCUT2D eigenvalue weighted by atomic mass is 16.7. The van der Waals surface area contributed by atoms with Crippen LogP contribution in [-0.4, -0.2) is 54.0 Å². The van der Waals surface area contributed by atoms with Gasteiger partial charge < -0.3 is 14.6 Å². The molecule has 3 fully saturated rings. The number of methoxy groups -OCH3 is 1. The predicted octanol–water partition coefficient (Wildman–Crippen LogP) is 4.31. The molecule has 1 aromatic heterocycles. The van der Waals surface area contributed by atoms with Crippen molar-refractivity contribution in [2.24, 2.45) is 11.8 Å². The van der Waals surface area contributed by atoms with E-state index >= 15 is 0 Å². The number of ether oxygens (including phenoxy) is 2. The van der Waals surface area contributed by atoms with Crippen LogP contribution in [-0.2, 0) is 4.74 Å². The van der Waals surface area contributed by atoms with E-state index in [-0.39, 0.29) is 12.5 Å². The van der Waals surface area contributed by atoms with Gasteiger partial charge in [-0.25, -0.2) is 4.79 Å². The van der Waals surface area contributed by atoms with Crippen molar-refractivity contribution in [1.82, 2.24) is 9.88 Å². The molecule has 6 heteroatoms. The van der Waals surface area contributed by atoms with Crippen molar-refractivity contribution in [1.29, 1.82) is 0 Å². The minimum atomic E-state index is -1.22. The Morgan fingerprint density at radius 2 is 2.31 bits per heavy atom. The van der Waals surface area contributed by atoms with Gasteiger partial charge in [-0.2, -0.15) is 0 Å². The van der Waals surface area contributed by atoms with Gasteiger partial charge in [-0.3, -0.25) is 9.88 Å². The molecule has 0 saturated carbocycles. The number of hydrogen-bond donors (Lipinski definition) is 1. The molecular weight excluding hydrogens is 368 g/mol. The molecule has 1 aromatic carbocycles. The third kappa shape index (κ3) is 3.94. The van der Waals surface area contributed by atoms with E-state index in [9.17, 15) is 4.79 Å². The second-order valence-electron chi connectivity index (χ2n) is 8.04. The average Bonchev–Trinajstić information content (AvgIpc) is 2.76. The monoisotopic (exact) mass is 396 g/mol. The molecule has 3 aliphatic rings. The molecule has 0 aliphatic carbocycles. The van der Waals surface area contributed by atoms with E-state index in [1.165, 1.54) is 12.0 Å². The number of carboxylic acid groups (broad SMARTS) is 1. The molecular formula is C23H28N2O4. The van der Waals surface area contributed by atoms with Crippen molar-refractivity contribution < 1.29 is 19.4 Å². The lowest BCUT2D eigenvalue weighted by molar-refractivity contribution is 0.00127. The number of carbonyl (C=O) groups is 1. The summed E-state index contributed by atoms with van der Waals surface area (Å²) in [5, 5.41) is 10.0. The molecule has 0 amide bonds. The average molecular weight is 396 g/mol. The van der Waals surface area contributed by atoms with Crippen molar-refractivity contribution in [3.8, 4) is 5.75 Å². The highest BCUT2D eigenvalue weighted by molar-refractivity contribution is 5.84. The van der Waals surface area contributed by atoms with Crippen molar-refractivity contribution >= 4 is 17.1 Å². The summed E-state index contributed by atoms with van der Waals surface area (Å²) in [6, 6.07) is 8.36. The highest BCUT2D eigenvalue weighted by Crippen LogP contribution is 2.44. The SMILES string of the molecule is C=CC1CN2CCC1CC2C(CCOC(=O)O)c1ccnc2ccc(OC)cc12. The van der Waals surface area contributed by atoms with Crippen molar-refractivity contribution in [2.75, 3.05) is 26.8 Å². The first-order chi connectivity index (χ1) is 14.1. The number of benzene rings is 1. The summed E-state index contributed by atoms with van der Waals surface area (Å²) in [6.07, 6.45) is 5.68. The van der Waals surface area contributed by atoms with Crippen LogP contribution in [0.3, 0.4) is 0 Å². The Hall–Kier alpha value is -2.60. The Balaban J connectivity index is 1.71. The Kier molecular flexibility index (Phi) is 5.72. The Morgan fingerprint density at radius 1 is 1.45 bits per heavy atom. The number of piperidine rings is 3. The number of hydrogen-bond acceptors (Lipinski definition) is 5. The first kappa shape index (κ1) is 19.7. The van der Waals surface area contributed by atoms with Gasteiger partial charge in [-0.05, 0) is 67.5 Å². The van der Waals surface area contributed by atoms with Gasteiger partial charge in [-0.1, -0.05) is 6.08 Å². The first-order valence-corrected chi connectivity index (χ1v) is 10.3. The van der Waals surface area contributed by atoms with Crippen LogP contribution in [0.5, 0.6) is 5.75 Å². The summed E-state index contributed by atoms with van der Waals surface area (Å²) in [4.78, 5) is 18.0. The van der Waals surface area contributed by atoms with E-state index < -0.39 is 6.16 Å². The van der Waals surface area contributed by atoms with E-state index in [0.717, 1.165) is 36.2 Å². The summed E-state index contributed by atoms with van der Waals surface area (Å²) >= 11 is 0. The fourth-order valence-corrected chi connectivity index (χ4v) is 5.22. The Labute approximate surface area is 171 Å². The quantitative estimate of drug-likeness (QED) is 0.555. The van der Waals surface area contributed by atoms with E-state index in [0.29, 0.717) is 24.3 Å². The lowest BCUT2D eigenvalue weighted by Crippen LogP contribution is -2.55. The Bertz CT molecular complexity index is 900. The van der Waals surface area contributed by atoms with Crippen molar-refractivity contribution in [3.05, 3.63) is 48.7 Å². The second kappa shape index (κ2) is 8.41. The maximum atomic E-state index is 10.9. The lowest BCUT2D eigenvalue weighted by atomic mass is 9.70. The largest absolute Gasteiger partial charge is 0.505 e. The zero-order chi connectivity index (χ0) is 20.4. The number of rotatable bonds is 7. The maximum Gasteiger partial charge on any atom is 0.505 e. The van der Waals surface area contributed by atoms with Gasteiger partial charge >= 0.3 is 6.16 Å². The first-order valence-electron chi connectivity index (χ1n) is 10.3. The van der Waals surface area contributed by atoms with Gasteiger partial charge in [0.05, 0.1) is 19.2 Å². The molecule has 4 heterocycles. The molecule has 5 atom stereocenters. The van der Waals surface area contributed by atoms with Crippen LogP contribution >= 0.6 is 0 Å². The summed E-state index contributed by atoms with van der Waals surface area (Å²) in [7, 11) is 1.66. The smallest absolute Gasteiger partial charge is 0.497 e. The molecule has 5 rings (SSSR count). The van der Waals surface area contributed by atoms with Crippen LogP contribution < -0.4 is 4.74 Å². The molecule has 2 aromatic rings. The molecule has 0 radical (unpaired) electrons.